The van der Waals surface area contributed by atoms with Gasteiger partial charge in [0.25, 0.3) is 5.56 Å². The second-order valence-electron chi connectivity index (χ2n) is 8.49. The van der Waals surface area contributed by atoms with Gasteiger partial charge in [0.05, 0.1) is 17.5 Å². The highest BCUT2D eigenvalue weighted by atomic mass is 35.5. The minimum Gasteiger partial charge on any atom is -0.421 e. The number of carbonyl (C=O) groups is 3. The van der Waals surface area contributed by atoms with Crippen LogP contribution in [-0.4, -0.2) is 53.2 Å². The van der Waals surface area contributed by atoms with Gasteiger partial charge in [0.15, 0.2) is 5.75 Å². The van der Waals surface area contributed by atoms with Crippen LogP contribution in [0.4, 0.5) is 20.6 Å². The molecule has 2 atom stereocenters. The fourth-order valence-electron chi connectivity index (χ4n) is 4.05. The molecule has 1 fully saturated rings. The van der Waals surface area contributed by atoms with Gasteiger partial charge >= 0.3 is 12.0 Å². The van der Waals surface area contributed by atoms with Crippen LogP contribution in [0.3, 0.4) is 0 Å². The lowest BCUT2D eigenvalue weighted by molar-refractivity contribution is -0.132. The van der Waals surface area contributed by atoms with Crippen molar-refractivity contribution in [3.05, 3.63) is 82.0 Å². The molecule has 2 aromatic carbocycles. The smallest absolute Gasteiger partial charge is 0.322 e. The maximum Gasteiger partial charge on any atom is 0.322 e. The van der Waals surface area contributed by atoms with Gasteiger partial charge in [-0.3, -0.25) is 19.0 Å². The molecule has 0 aliphatic carbocycles. The molecule has 0 spiro atoms. The van der Waals surface area contributed by atoms with E-state index in [4.69, 9.17) is 21.1 Å². The van der Waals surface area contributed by atoms with Crippen molar-refractivity contribution in [1.29, 1.82) is 0 Å². The largest absolute Gasteiger partial charge is 0.421 e. The number of ether oxygens (including phenoxy) is 2. The summed E-state index contributed by atoms with van der Waals surface area (Å²) in [4.78, 5) is 51.2. The molecule has 0 bridgehead atoms. The molecule has 12 heteroatoms. The number of hydrogen-bond donors (Lipinski definition) is 2. The fourth-order valence-corrected chi connectivity index (χ4v) is 4.18. The Bertz CT molecular complexity index is 1430. The maximum atomic E-state index is 15.0. The summed E-state index contributed by atoms with van der Waals surface area (Å²) in [5.74, 6) is -2.28. The molecule has 1 aliphatic rings. The quantitative estimate of drug-likeness (QED) is 0.457. The molecule has 1 saturated heterocycles. The Hall–Kier alpha value is -4.22. The van der Waals surface area contributed by atoms with E-state index in [-0.39, 0.29) is 36.2 Å². The third kappa shape index (κ3) is 6.01. The van der Waals surface area contributed by atoms with Crippen molar-refractivity contribution in [2.45, 2.75) is 25.5 Å². The number of esters is 1. The molecule has 1 aromatic heterocycles. The second-order valence-corrected chi connectivity index (χ2v) is 8.93. The molecule has 3 aromatic rings. The van der Waals surface area contributed by atoms with Gasteiger partial charge in [-0.25, -0.2) is 9.18 Å². The minimum atomic E-state index is -0.922. The molecule has 4 rings (SSSR count). The molecule has 38 heavy (non-hydrogen) atoms. The Kier molecular flexibility index (Phi) is 8.08. The number of likely N-dealkylation sites (tertiary alicyclic amines) is 1. The SMILES string of the molecule is CO[C@@H]1C[C@H](C(=O)Nc2ccc(-n3cccc(OC(C)=O)c3=O)cc2F)N(C(=O)Nc2ccc(Cl)cc2)C1. The first-order chi connectivity index (χ1) is 18.2. The van der Waals surface area contributed by atoms with Gasteiger partial charge in [0, 0.05) is 50.0 Å². The molecule has 0 saturated carbocycles. The number of nitrogens with zero attached hydrogens (tertiary/aromatic N) is 2. The van der Waals surface area contributed by atoms with Crippen LogP contribution in [0.15, 0.2) is 65.6 Å². The maximum absolute atomic E-state index is 15.0. The summed E-state index contributed by atoms with van der Waals surface area (Å²) in [6, 6.07) is 11.7. The van der Waals surface area contributed by atoms with Gasteiger partial charge in [-0.05, 0) is 48.5 Å². The normalized spacial score (nSPS) is 16.7. The molecule has 3 amide bonds. The summed E-state index contributed by atoms with van der Waals surface area (Å²) in [6.45, 7) is 1.33. The molecular formula is C26H24ClFN4O6. The number of aromatic nitrogens is 1. The first-order valence-electron chi connectivity index (χ1n) is 11.5. The number of urea groups is 1. The first kappa shape index (κ1) is 26.8. The summed E-state index contributed by atoms with van der Waals surface area (Å²) < 4.78 is 26.4. The monoisotopic (exact) mass is 542 g/mol. The van der Waals surface area contributed by atoms with Crippen molar-refractivity contribution in [2.24, 2.45) is 0 Å². The first-order valence-corrected chi connectivity index (χ1v) is 11.9. The van der Waals surface area contributed by atoms with Gasteiger partial charge < -0.3 is 25.0 Å². The number of pyridine rings is 1. The van der Waals surface area contributed by atoms with E-state index < -0.39 is 35.3 Å². The lowest BCUT2D eigenvalue weighted by Gasteiger charge is -2.24. The molecule has 2 N–H and O–H groups in total. The number of benzene rings is 2. The average Bonchev–Trinajstić information content (AvgIpc) is 3.33. The van der Waals surface area contributed by atoms with E-state index in [0.717, 1.165) is 17.6 Å². The van der Waals surface area contributed by atoms with E-state index in [1.807, 2.05) is 0 Å². The molecule has 2 heterocycles. The summed E-state index contributed by atoms with van der Waals surface area (Å²) >= 11 is 5.89. The molecule has 198 valence electrons. The Morgan fingerprint density at radius 2 is 1.82 bits per heavy atom. The summed E-state index contributed by atoms with van der Waals surface area (Å²) in [5.41, 5.74) is -0.141. The van der Waals surface area contributed by atoms with Crippen molar-refractivity contribution in [3.8, 4) is 11.4 Å². The van der Waals surface area contributed by atoms with Crippen molar-refractivity contribution in [3.63, 3.8) is 0 Å². The van der Waals surface area contributed by atoms with E-state index >= 15 is 4.39 Å². The topological polar surface area (TPSA) is 119 Å². The van der Waals surface area contributed by atoms with Crippen LogP contribution in [0, 0.1) is 5.82 Å². The Balaban J connectivity index is 1.51. The third-order valence-electron chi connectivity index (χ3n) is 5.91. The number of halogens is 2. The van der Waals surface area contributed by atoms with Crippen molar-refractivity contribution in [2.75, 3.05) is 24.3 Å². The van der Waals surface area contributed by atoms with Crippen LogP contribution < -0.4 is 20.9 Å². The van der Waals surface area contributed by atoms with Crippen LogP contribution in [0.1, 0.15) is 13.3 Å². The highest BCUT2D eigenvalue weighted by Crippen LogP contribution is 2.25. The van der Waals surface area contributed by atoms with Crippen molar-refractivity contribution in [1.82, 2.24) is 9.47 Å². The summed E-state index contributed by atoms with van der Waals surface area (Å²) in [5, 5.41) is 5.75. The zero-order chi connectivity index (χ0) is 27.4. The number of nitrogens with one attached hydrogen (secondary N) is 2. The number of hydrogen-bond acceptors (Lipinski definition) is 6. The van der Waals surface area contributed by atoms with Gasteiger partial charge in [-0.2, -0.15) is 0 Å². The van der Waals surface area contributed by atoms with Gasteiger partial charge in [0.2, 0.25) is 5.91 Å². The van der Waals surface area contributed by atoms with E-state index in [0.29, 0.717) is 10.7 Å². The summed E-state index contributed by atoms with van der Waals surface area (Å²) in [7, 11) is 1.48. The lowest BCUT2D eigenvalue weighted by Crippen LogP contribution is -2.45. The van der Waals surface area contributed by atoms with Gasteiger partial charge in [-0.1, -0.05) is 11.6 Å². The standard InChI is InChI=1S/C26H24ClFN4O6/c1-15(33)38-23-4-3-11-31(25(23)35)18-9-10-21(20(28)12-18)30-24(34)22-13-19(37-2)14-32(22)26(36)29-17-7-5-16(27)6-8-17/h3-12,19,22H,13-14H2,1-2H3,(H,29,36)(H,30,34)/t19-,22-/m1/s1. The third-order valence-corrected chi connectivity index (χ3v) is 6.16. The van der Waals surface area contributed by atoms with E-state index in [9.17, 15) is 19.2 Å². The van der Waals surface area contributed by atoms with E-state index in [1.165, 1.54) is 42.5 Å². The van der Waals surface area contributed by atoms with Crippen LogP contribution in [-0.2, 0) is 14.3 Å². The number of rotatable bonds is 6. The van der Waals surface area contributed by atoms with Crippen LogP contribution in [0.5, 0.6) is 5.75 Å². The molecular weight excluding hydrogens is 519 g/mol. The lowest BCUT2D eigenvalue weighted by atomic mass is 10.1. The zero-order valence-corrected chi connectivity index (χ0v) is 21.2. The van der Waals surface area contributed by atoms with E-state index in [1.54, 1.807) is 24.3 Å². The number of methoxy groups -OCH3 is 1. The van der Waals surface area contributed by atoms with Crippen molar-refractivity contribution < 1.29 is 28.2 Å². The summed E-state index contributed by atoms with van der Waals surface area (Å²) in [6.07, 6.45) is 1.22. The second kappa shape index (κ2) is 11.4. The fraction of sp³-hybridized carbons (Fsp3) is 0.231. The van der Waals surface area contributed by atoms with Crippen LogP contribution >= 0.6 is 11.6 Å². The van der Waals surface area contributed by atoms with E-state index in [2.05, 4.69) is 10.6 Å². The van der Waals surface area contributed by atoms with Crippen LogP contribution in [0.2, 0.25) is 5.02 Å². The highest BCUT2D eigenvalue weighted by molar-refractivity contribution is 6.30. The predicted octanol–water partition coefficient (Wildman–Crippen LogP) is 3.82. The molecule has 0 unspecified atom stereocenters. The Morgan fingerprint density at radius 3 is 2.47 bits per heavy atom. The Morgan fingerprint density at radius 1 is 1.08 bits per heavy atom. The number of carbonyl (C=O) groups excluding carboxylic acids is 3. The Labute approximate surface area is 221 Å². The predicted molar refractivity (Wildman–Crippen MR) is 138 cm³/mol. The average molecular weight is 543 g/mol. The van der Waals surface area contributed by atoms with Gasteiger partial charge in [0.1, 0.15) is 11.9 Å². The highest BCUT2D eigenvalue weighted by Gasteiger charge is 2.40. The molecule has 1 aliphatic heterocycles. The molecule has 10 nitrogen and oxygen atoms in total. The minimum absolute atomic E-state index is 0.137. The zero-order valence-electron chi connectivity index (χ0n) is 20.4. The van der Waals surface area contributed by atoms with Gasteiger partial charge in [-0.15, -0.1) is 0 Å². The number of anilines is 2. The number of amides is 3. The van der Waals surface area contributed by atoms with Crippen LogP contribution in [0.25, 0.3) is 5.69 Å². The van der Waals surface area contributed by atoms with Crippen molar-refractivity contribution >= 4 is 40.9 Å². The molecule has 0 radical (unpaired) electrons.